The van der Waals surface area contributed by atoms with Crippen LogP contribution in [-0.4, -0.2) is 26.3 Å². The second-order valence-corrected chi connectivity index (χ2v) is 6.67. The molecule has 6 heteroatoms. The number of benzene rings is 1. The van der Waals surface area contributed by atoms with Gasteiger partial charge in [0, 0.05) is 13.6 Å². The van der Waals surface area contributed by atoms with Crippen LogP contribution in [0.15, 0.2) is 23.1 Å². The van der Waals surface area contributed by atoms with Crippen LogP contribution in [0.5, 0.6) is 0 Å². The molecule has 0 amide bonds. The third-order valence-electron chi connectivity index (χ3n) is 2.76. The van der Waals surface area contributed by atoms with Crippen molar-refractivity contribution in [1.82, 2.24) is 4.31 Å². The van der Waals surface area contributed by atoms with Gasteiger partial charge in [-0.2, -0.15) is 0 Å². The van der Waals surface area contributed by atoms with Gasteiger partial charge in [0.2, 0.25) is 10.0 Å². The number of hydrogen-bond acceptors (Lipinski definition) is 3. The molecule has 1 aromatic carbocycles. The van der Waals surface area contributed by atoms with E-state index in [9.17, 15) is 8.42 Å². The first-order valence-corrected chi connectivity index (χ1v) is 7.72. The zero-order valence-corrected chi connectivity index (χ0v) is 12.3. The Morgan fingerprint density at radius 1 is 1.33 bits per heavy atom. The number of halogens is 1. The summed E-state index contributed by atoms with van der Waals surface area (Å²) in [6, 6.07) is 4.38. The minimum absolute atomic E-state index is 0.181. The second-order valence-electron chi connectivity index (χ2n) is 4.22. The molecule has 0 spiro atoms. The van der Waals surface area contributed by atoms with Crippen LogP contribution in [-0.2, 0) is 10.0 Å². The molecule has 1 rings (SSSR count). The maximum Gasteiger partial charge on any atom is 0.242 e. The van der Waals surface area contributed by atoms with Crippen molar-refractivity contribution in [3.63, 3.8) is 0 Å². The van der Waals surface area contributed by atoms with Crippen molar-refractivity contribution >= 4 is 27.3 Å². The molecule has 2 N–H and O–H groups in total. The minimum atomic E-state index is -3.47. The second kappa shape index (κ2) is 6.41. The molecule has 0 aromatic heterocycles. The lowest BCUT2D eigenvalue weighted by atomic mass is 10.2. The van der Waals surface area contributed by atoms with E-state index in [0.717, 1.165) is 19.3 Å². The van der Waals surface area contributed by atoms with Crippen molar-refractivity contribution < 1.29 is 8.42 Å². The molecular formula is C12H19ClN2O2S. The summed E-state index contributed by atoms with van der Waals surface area (Å²) in [4.78, 5) is 0.181. The quantitative estimate of drug-likeness (QED) is 0.647. The molecule has 0 aliphatic rings. The van der Waals surface area contributed by atoms with Crippen LogP contribution in [0.2, 0.25) is 5.02 Å². The monoisotopic (exact) mass is 290 g/mol. The molecule has 18 heavy (non-hydrogen) atoms. The Kier molecular flexibility index (Phi) is 5.44. The number of sulfonamides is 1. The number of nitrogens with two attached hydrogens (primary N) is 1. The van der Waals surface area contributed by atoms with Gasteiger partial charge in [-0.3, -0.25) is 0 Å². The maximum absolute atomic E-state index is 12.2. The fourth-order valence-corrected chi connectivity index (χ4v) is 3.03. The predicted molar refractivity (Wildman–Crippen MR) is 75.2 cm³/mol. The lowest BCUT2D eigenvalue weighted by molar-refractivity contribution is 0.454. The van der Waals surface area contributed by atoms with E-state index in [1.165, 1.54) is 22.5 Å². The molecule has 0 radical (unpaired) electrons. The fraction of sp³-hybridized carbons (Fsp3) is 0.500. The van der Waals surface area contributed by atoms with E-state index in [4.69, 9.17) is 17.3 Å². The average Bonchev–Trinajstić information content (AvgIpc) is 2.32. The van der Waals surface area contributed by atoms with Crippen LogP contribution in [0, 0.1) is 0 Å². The number of hydrogen-bond donors (Lipinski definition) is 1. The number of rotatable bonds is 6. The summed E-state index contributed by atoms with van der Waals surface area (Å²) in [6.45, 7) is 2.59. The topological polar surface area (TPSA) is 63.4 Å². The summed E-state index contributed by atoms with van der Waals surface area (Å²) < 4.78 is 25.8. The van der Waals surface area contributed by atoms with Crippen LogP contribution in [0.25, 0.3) is 0 Å². The third kappa shape index (κ3) is 3.60. The largest absolute Gasteiger partial charge is 0.398 e. The maximum atomic E-state index is 12.2. The fourth-order valence-electron chi connectivity index (χ4n) is 1.55. The molecule has 0 aliphatic heterocycles. The van der Waals surface area contributed by atoms with Gasteiger partial charge in [0.05, 0.1) is 15.6 Å². The van der Waals surface area contributed by atoms with Crippen LogP contribution in [0.4, 0.5) is 5.69 Å². The zero-order valence-electron chi connectivity index (χ0n) is 10.7. The first-order valence-electron chi connectivity index (χ1n) is 5.91. The Morgan fingerprint density at radius 2 is 2.00 bits per heavy atom. The van der Waals surface area contributed by atoms with Crippen molar-refractivity contribution in [2.45, 2.75) is 31.1 Å². The van der Waals surface area contributed by atoms with Crippen LogP contribution >= 0.6 is 11.6 Å². The van der Waals surface area contributed by atoms with E-state index >= 15 is 0 Å². The normalized spacial score (nSPS) is 12.0. The van der Waals surface area contributed by atoms with Crippen LogP contribution in [0.3, 0.4) is 0 Å². The summed E-state index contributed by atoms with van der Waals surface area (Å²) in [5.74, 6) is 0. The van der Waals surface area contributed by atoms with E-state index in [2.05, 4.69) is 6.92 Å². The van der Waals surface area contributed by atoms with Gasteiger partial charge in [-0.15, -0.1) is 0 Å². The highest BCUT2D eigenvalue weighted by atomic mass is 35.5. The summed E-state index contributed by atoms with van der Waals surface area (Å²) in [5.41, 5.74) is 5.94. The van der Waals surface area contributed by atoms with Gasteiger partial charge in [0.15, 0.2) is 0 Å². The standard InChI is InChI=1S/C12H19ClN2O2S/c1-3-4-5-8-15(2)18(16,17)10-6-7-12(14)11(13)9-10/h6-7,9H,3-5,8,14H2,1-2H3. The molecule has 0 heterocycles. The van der Waals surface area contributed by atoms with E-state index in [-0.39, 0.29) is 9.92 Å². The Morgan fingerprint density at radius 3 is 2.56 bits per heavy atom. The van der Waals surface area contributed by atoms with Crippen molar-refractivity contribution in [2.75, 3.05) is 19.3 Å². The van der Waals surface area contributed by atoms with Crippen LogP contribution < -0.4 is 5.73 Å². The third-order valence-corrected chi connectivity index (χ3v) is 4.94. The number of nitrogens with zero attached hydrogens (tertiary/aromatic N) is 1. The lowest BCUT2D eigenvalue weighted by Gasteiger charge is -2.17. The highest BCUT2D eigenvalue weighted by Crippen LogP contribution is 2.24. The summed E-state index contributed by atoms with van der Waals surface area (Å²) >= 11 is 5.84. The van der Waals surface area contributed by atoms with Gasteiger partial charge >= 0.3 is 0 Å². The van der Waals surface area contributed by atoms with E-state index < -0.39 is 10.0 Å². The Hall–Kier alpha value is -0.780. The molecule has 0 saturated heterocycles. The molecule has 0 unspecified atom stereocenters. The summed E-state index contributed by atoms with van der Waals surface area (Å²) in [7, 11) is -1.89. The smallest absolute Gasteiger partial charge is 0.242 e. The predicted octanol–water partition coefficient (Wildman–Crippen LogP) is 2.73. The van der Waals surface area contributed by atoms with E-state index in [1.807, 2.05) is 0 Å². The minimum Gasteiger partial charge on any atom is -0.398 e. The van der Waals surface area contributed by atoms with Gasteiger partial charge in [0.1, 0.15) is 0 Å². The molecule has 0 fully saturated rings. The lowest BCUT2D eigenvalue weighted by Crippen LogP contribution is -2.28. The average molecular weight is 291 g/mol. The molecular weight excluding hydrogens is 272 g/mol. The van der Waals surface area contributed by atoms with Crippen molar-refractivity contribution in [3.8, 4) is 0 Å². The van der Waals surface area contributed by atoms with Crippen molar-refractivity contribution in [2.24, 2.45) is 0 Å². The summed E-state index contributed by atoms with van der Waals surface area (Å²) in [6.07, 6.45) is 2.93. The highest BCUT2D eigenvalue weighted by Gasteiger charge is 2.20. The Labute approximate surface area is 114 Å². The first-order chi connectivity index (χ1) is 8.39. The highest BCUT2D eigenvalue weighted by molar-refractivity contribution is 7.89. The van der Waals surface area contributed by atoms with E-state index in [1.54, 1.807) is 7.05 Å². The van der Waals surface area contributed by atoms with E-state index in [0.29, 0.717) is 12.2 Å². The SMILES string of the molecule is CCCCCN(C)S(=O)(=O)c1ccc(N)c(Cl)c1. The Balaban J connectivity index is 2.88. The number of anilines is 1. The van der Waals surface area contributed by atoms with Gasteiger partial charge in [0.25, 0.3) is 0 Å². The molecule has 0 saturated carbocycles. The molecule has 1 aromatic rings. The molecule has 0 aliphatic carbocycles. The summed E-state index contributed by atoms with van der Waals surface area (Å²) in [5, 5.41) is 0.262. The van der Waals surface area contributed by atoms with Gasteiger partial charge in [-0.25, -0.2) is 12.7 Å². The Bertz CT molecular complexity index is 503. The van der Waals surface area contributed by atoms with Crippen LogP contribution in [0.1, 0.15) is 26.2 Å². The van der Waals surface area contributed by atoms with Gasteiger partial charge in [-0.05, 0) is 24.6 Å². The number of unbranched alkanes of at least 4 members (excludes halogenated alkanes) is 2. The van der Waals surface area contributed by atoms with Crippen molar-refractivity contribution in [1.29, 1.82) is 0 Å². The molecule has 4 nitrogen and oxygen atoms in total. The number of nitrogen functional groups attached to an aromatic ring is 1. The van der Waals surface area contributed by atoms with Gasteiger partial charge in [-0.1, -0.05) is 31.4 Å². The van der Waals surface area contributed by atoms with Crippen molar-refractivity contribution in [3.05, 3.63) is 23.2 Å². The molecule has 0 atom stereocenters. The zero-order chi connectivity index (χ0) is 13.8. The molecule has 0 bridgehead atoms. The van der Waals surface area contributed by atoms with Gasteiger partial charge < -0.3 is 5.73 Å². The first kappa shape index (κ1) is 15.3. The molecule has 102 valence electrons.